The van der Waals surface area contributed by atoms with Gasteiger partial charge in [0.15, 0.2) is 0 Å². The minimum Gasteiger partial charge on any atom is -0.457 e. The van der Waals surface area contributed by atoms with Gasteiger partial charge in [0.1, 0.15) is 11.5 Å². The SMILES string of the molecule is CCCc1ccc(Oc2ccc(N)cc2)c(CCC)c1. The van der Waals surface area contributed by atoms with Crippen molar-refractivity contribution in [1.29, 1.82) is 0 Å². The Morgan fingerprint density at radius 1 is 0.900 bits per heavy atom. The first-order chi connectivity index (χ1) is 9.72. The number of nitrogen functional groups attached to an aromatic ring is 1. The van der Waals surface area contributed by atoms with E-state index >= 15 is 0 Å². The summed E-state index contributed by atoms with van der Waals surface area (Å²) in [6.07, 6.45) is 4.46. The minimum atomic E-state index is 0.754. The molecule has 0 amide bonds. The van der Waals surface area contributed by atoms with E-state index in [4.69, 9.17) is 10.5 Å². The molecule has 0 atom stereocenters. The van der Waals surface area contributed by atoms with Crippen molar-refractivity contribution in [2.75, 3.05) is 5.73 Å². The zero-order valence-corrected chi connectivity index (χ0v) is 12.4. The molecule has 106 valence electrons. The second kappa shape index (κ2) is 6.99. The average molecular weight is 269 g/mol. The number of benzene rings is 2. The molecule has 0 spiro atoms. The number of ether oxygens (including phenoxy) is 1. The van der Waals surface area contributed by atoms with Gasteiger partial charge in [-0.1, -0.05) is 38.8 Å². The number of aryl methyl sites for hydroxylation is 2. The fraction of sp³-hybridized carbons (Fsp3) is 0.333. The molecule has 2 heteroatoms. The molecule has 2 aromatic carbocycles. The van der Waals surface area contributed by atoms with Crippen LogP contribution in [0.15, 0.2) is 42.5 Å². The van der Waals surface area contributed by atoms with Crippen molar-refractivity contribution in [3.8, 4) is 11.5 Å². The van der Waals surface area contributed by atoms with Crippen LogP contribution >= 0.6 is 0 Å². The van der Waals surface area contributed by atoms with Gasteiger partial charge in [0.25, 0.3) is 0 Å². The van der Waals surface area contributed by atoms with Crippen molar-refractivity contribution in [3.05, 3.63) is 53.6 Å². The predicted molar refractivity (Wildman–Crippen MR) is 85.4 cm³/mol. The van der Waals surface area contributed by atoms with Gasteiger partial charge in [-0.25, -0.2) is 0 Å². The van der Waals surface area contributed by atoms with Gasteiger partial charge in [-0.2, -0.15) is 0 Å². The smallest absolute Gasteiger partial charge is 0.130 e. The minimum absolute atomic E-state index is 0.754. The molecular weight excluding hydrogens is 246 g/mol. The standard InChI is InChI=1S/C18H23NO/c1-3-5-14-7-12-18(15(13-14)6-4-2)20-17-10-8-16(19)9-11-17/h7-13H,3-6,19H2,1-2H3. The molecule has 0 unspecified atom stereocenters. The number of anilines is 1. The Kier molecular flexibility index (Phi) is 5.05. The number of hydrogen-bond donors (Lipinski definition) is 1. The molecule has 2 nitrogen and oxygen atoms in total. The van der Waals surface area contributed by atoms with Gasteiger partial charge in [-0.05, 0) is 54.3 Å². The fourth-order valence-corrected chi connectivity index (χ4v) is 2.30. The van der Waals surface area contributed by atoms with Crippen molar-refractivity contribution in [2.24, 2.45) is 0 Å². The summed E-state index contributed by atoms with van der Waals surface area (Å²) >= 11 is 0. The lowest BCUT2D eigenvalue weighted by atomic mass is 10.0. The van der Waals surface area contributed by atoms with Crippen molar-refractivity contribution in [1.82, 2.24) is 0 Å². The summed E-state index contributed by atoms with van der Waals surface area (Å²) in [6, 6.07) is 14.1. The largest absolute Gasteiger partial charge is 0.457 e. The summed E-state index contributed by atoms with van der Waals surface area (Å²) in [4.78, 5) is 0. The third-order valence-electron chi connectivity index (χ3n) is 3.29. The molecule has 0 aliphatic rings. The summed E-state index contributed by atoms with van der Waals surface area (Å²) in [5.74, 6) is 1.79. The summed E-state index contributed by atoms with van der Waals surface area (Å²) in [7, 11) is 0. The highest BCUT2D eigenvalue weighted by Crippen LogP contribution is 2.28. The summed E-state index contributed by atoms with van der Waals surface area (Å²) < 4.78 is 5.99. The van der Waals surface area contributed by atoms with Crippen LogP contribution in [0.4, 0.5) is 5.69 Å². The highest BCUT2D eigenvalue weighted by molar-refractivity contribution is 5.45. The molecule has 0 aliphatic carbocycles. The summed E-state index contributed by atoms with van der Waals surface area (Å²) in [5.41, 5.74) is 9.13. The van der Waals surface area contributed by atoms with E-state index in [0.717, 1.165) is 36.4 Å². The second-order valence-electron chi connectivity index (χ2n) is 5.11. The van der Waals surface area contributed by atoms with Crippen LogP contribution < -0.4 is 10.5 Å². The first-order valence-corrected chi connectivity index (χ1v) is 7.38. The average Bonchev–Trinajstić information content (AvgIpc) is 2.45. The Morgan fingerprint density at radius 3 is 2.25 bits per heavy atom. The molecule has 0 fully saturated rings. The fourth-order valence-electron chi connectivity index (χ4n) is 2.30. The van der Waals surface area contributed by atoms with Crippen LogP contribution in [-0.2, 0) is 12.8 Å². The molecule has 0 radical (unpaired) electrons. The van der Waals surface area contributed by atoms with E-state index in [-0.39, 0.29) is 0 Å². The van der Waals surface area contributed by atoms with E-state index in [0.29, 0.717) is 0 Å². The molecule has 0 aliphatic heterocycles. The third-order valence-corrected chi connectivity index (χ3v) is 3.29. The Balaban J connectivity index is 2.23. The Morgan fingerprint density at radius 2 is 1.60 bits per heavy atom. The van der Waals surface area contributed by atoms with Crippen LogP contribution in [0, 0.1) is 0 Å². The van der Waals surface area contributed by atoms with Gasteiger partial charge in [0.05, 0.1) is 0 Å². The lowest BCUT2D eigenvalue weighted by molar-refractivity contribution is 0.475. The molecule has 2 N–H and O–H groups in total. The first kappa shape index (κ1) is 14.4. The van der Waals surface area contributed by atoms with Crippen molar-refractivity contribution >= 4 is 5.69 Å². The predicted octanol–water partition coefficient (Wildman–Crippen LogP) is 4.97. The van der Waals surface area contributed by atoms with Crippen LogP contribution in [-0.4, -0.2) is 0 Å². The molecule has 0 bridgehead atoms. The van der Waals surface area contributed by atoms with Gasteiger partial charge >= 0.3 is 0 Å². The van der Waals surface area contributed by atoms with Gasteiger partial charge < -0.3 is 10.5 Å². The monoisotopic (exact) mass is 269 g/mol. The van der Waals surface area contributed by atoms with E-state index in [1.807, 2.05) is 24.3 Å². The molecular formula is C18H23NO. The van der Waals surface area contributed by atoms with Crippen LogP contribution in [0.3, 0.4) is 0 Å². The normalized spacial score (nSPS) is 10.5. The quantitative estimate of drug-likeness (QED) is 0.752. The van der Waals surface area contributed by atoms with E-state index in [9.17, 15) is 0 Å². The van der Waals surface area contributed by atoms with Crippen LogP contribution in [0.2, 0.25) is 0 Å². The van der Waals surface area contributed by atoms with Crippen molar-refractivity contribution in [3.63, 3.8) is 0 Å². The molecule has 20 heavy (non-hydrogen) atoms. The van der Waals surface area contributed by atoms with Gasteiger partial charge in [0, 0.05) is 5.69 Å². The highest BCUT2D eigenvalue weighted by Gasteiger charge is 2.06. The van der Waals surface area contributed by atoms with Crippen molar-refractivity contribution in [2.45, 2.75) is 39.5 Å². The number of rotatable bonds is 6. The Bertz CT molecular complexity index is 546. The maximum absolute atomic E-state index is 5.99. The number of hydrogen-bond acceptors (Lipinski definition) is 2. The van der Waals surface area contributed by atoms with Gasteiger partial charge in [0.2, 0.25) is 0 Å². The number of nitrogens with two attached hydrogens (primary N) is 1. The van der Waals surface area contributed by atoms with Crippen LogP contribution in [0.25, 0.3) is 0 Å². The molecule has 0 saturated carbocycles. The second-order valence-corrected chi connectivity index (χ2v) is 5.11. The van der Waals surface area contributed by atoms with Crippen molar-refractivity contribution < 1.29 is 4.74 Å². The van der Waals surface area contributed by atoms with Crippen LogP contribution in [0.5, 0.6) is 11.5 Å². The summed E-state index contributed by atoms with van der Waals surface area (Å²) in [6.45, 7) is 4.40. The first-order valence-electron chi connectivity index (χ1n) is 7.38. The highest BCUT2D eigenvalue weighted by atomic mass is 16.5. The lowest BCUT2D eigenvalue weighted by Gasteiger charge is -2.12. The third kappa shape index (κ3) is 3.77. The maximum Gasteiger partial charge on any atom is 0.130 e. The zero-order valence-electron chi connectivity index (χ0n) is 12.4. The summed E-state index contributed by atoms with van der Waals surface area (Å²) in [5, 5.41) is 0. The lowest BCUT2D eigenvalue weighted by Crippen LogP contribution is -1.95. The maximum atomic E-state index is 5.99. The molecule has 2 aromatic rings. The topological polar surface area (TPSA) is 35.2 Å². The molecule has 0 saturated heterocycles. The van der Waals surface area contributed by atoms with E-state index in [1.54, 1.807) is 0 Å². The van der Waals surface area contributed by atoms with E-state index in [2.05, 4.69) is 32.0 Å². The Hall–Kier alpha value is -1.96. The van der Waals surface area contributed by atoms with E-state index < -0.39 is 0 Å². The van der Waals surface area contributed by atoms with Gasteiger partial charge in [-0.15, -0.1) is 0 Å². The molecule has 0 aromatic heterocycles. The van der Waals surface area contributed by atoms with Gasteiger partial charge in [-0.3, -0.25) is 0 Å². The van der Waals surface area contributed by atoms with E-state index in [1.165, 1.54) is 17.5 Å². The molecule has 0 heterocycles. The molecule has 2 rings (SSSR count). The Labute approximate surface area is 121 Å². The van der Waals surface area contributed by atoms with Crippen LogP contribution in [0.1, 0.15) is 37.8 Å². The zero-order chi connectivity index (χ0) is 14.4.